The summed E-state index contributed by atoms with van der Waals surface area (Å²) in [5.74, 6) is 0.0183. The van der Waals surface area contributed by atoms with Crippen molar-refractivity contribution in [2.45, 2.75) is 31.2 Å². The first-order chi connectivity index (χ1) is 17.9. The molecule has 1 aliphatic heterocycles. The lowest BCUT2D eigenvalue weighted by Crippen LogP contribution is -2.29. The number of thioether (sulfide) groups is 1. The summed E-state index contributed by atoms with van der Waals surface area (Å²) < 4.78 is 32.2. The standard InChI is InChI=1S/C28H24N4O3S2/c1-19-24-16-11-21-9-5-6-10-25(21)27(24)29-32(19)22-12-14-23(15-13-22)37(34,35)30-28-31(26(33)18-36-28)17-20-7-3-2-4-8-20/h2-10,12-15H,11,16-18H2,1H3/b30-28-. The lowest BCUT2D eigenvalue weighted by atomic mass is 9.89. The Bertz CT molecular complexity index is 1640. The Morgan fingerprint density at radius 3 is 2.46 bits per heavy atom. The summed E-state index contributed by atoms with van der Waals surface area (Å²) in [5, 5.41) is 5.09. The lowest BCUT2D eigenvalue weighted by Gasteiger charge is -2.16. The average molecular weight is 529 g/mol. The molecule has 1 fully saturated rings. The number of carbonyl (C=O) groups excluding carboxylic acids is 1. The number of sulfonamides is 1. The van der Waals surface area contributed by atoms with Crippen LogP contribution in [0.3, 0.4) is 0 Å². The number of nitrogens with zero attached hydrogens (tertiary/aromatic N) is 4. The van der Waals surface area contributed by atoms with Crippen molar-refractivity contribution in [1.29, 1.82) is 0 Å². The normalized spacial score (nSPS) is 16.2. The molecule has 3 aromatic carbocycles. The Labute approximate surface area is 219 Å². The maximum atomic E-state index is 13.1. The summed E-state index contributed by atoms with van der Waals surface area (Å²) in [4.78, 5) is 13.9. The highest BCUT2D eigenvalue weighted by molar-refractivity contribution is 8.15. The fourth-order valence-corrected chi connectivity index (χ4v) is 6.96. The first-order valence-electron chi connectivity index (χ1n) is 12.0. The van der Waals surface area contributed by atoms with Crippen LogP contribution in [0.15, 0.2) is 88.2 Å². The summed E-state index contributed by atoms with van der Waals surface area (Å²) in [5.41, 5.74) is 7.42. The summed E-state index contributed by atoms with van der Waals surface area (Å²) in [7, 11) is -4.00. The molecule has 1 amide bonds. The van der Waals surface area contributed by atoms with Crippen LogP contribution in [0.5, 0.6) is 0 Å². The highest BCUT2D eigenvalue weighted by atomic mass is 32.2. The number of aryl methyl sites for hydroxylation is 1. The van der Waals surface area contributed by atoms with Crippen LogP contribution < -0.4 is 0 Å². The Kier molecular flexibility index (Phi) is 5.97. The van der Waals surface area contributed by atoms with Crippen molar-refractivity contribution in [1.82, 2.24) is 14.7 Å². The van der Waals surface area contributed by atoms with Crippen molar-refractivity contribution in [3.05, 3.63) is 101 Å². The van der Waals surface area contributed by atoms with Crippen LogP contribution in [-0.4, -0.2) is 39.9 Å². The molecule has 9 heteroatoms. The van der Waals surface area contributed by atoms with E-state index in [0.29, 0.717) is 0 Å². The molecule has 0 bridgehead atoms. The molecule has 1 saturated heterocycles. The summed E-state index contributed by atoms with van der Waals surface area (Å²) >= 11 is 1.14. The van der Waals surface area contributed by atoms with Gasteiger partial charge in [-0.1, -0.05) is 66.4 Å². The second kappa shape index (κ2) is 9.32. The molecular formula is C28H24N4O3S2. The Morgan fingerprint density at radius 1 is 0.946 bits per heavy atom. The van der Waals surface area contributed by atoms with Crippen molar-refractivity contribution >= 4 is 32.9 Å². The second-order valence-corrected chi connectivity index (χ2v) is 11.6. The molecule has 0 saturated carbocycles. The Hall–Kier alpha value is -3.69. The summed E-state index contributed by atoms with van der Waals surface area (Å²) in [6, 6.07) is 24.4. The summed E-state index contributed by atoms with van der Waals surface area (Å²) in [6.45, 7) is 2.33. The van der Waals surface area contributed by atoms with Crippen molar-refractivity contribution in [3.8, 4) is 16.9 Å². The van der Waals surface area contributed by atoms with Gasteiger partial charge < -0.3 is 0 Å². The number of benzene rings is 3. The van der Waals surface area contributed by atoms with Crippen molar-refractivity contribution in [2.24, 2.45) is 4.40 Å². The van der Waals surface area contributed by atoms with E-state index in [2.05, 4.69) is 22.6 Å². The lowest BCUT2D eigenvalue weighted by molar-refractivity contribution is -0.124. The molecule has 37 heavy (non-hydrogen) atoms. The van der Waals surface area contributed by atoms with Crippen LogP contribution in [0.1, 0.15) is 22.4 Å². The van der Waals surface area contributed by atoms with E-state index in [1.54, 1.807) is 24.3 Å². The summed E-state index contributed by atoms with van der Waals surface area (Å²) in [6.07, 6.45) is 1.91. The van der Waals surface area contributed by atoms with Crippen molar-refractivity contribution in [2.75, 3.05) is 5.75 Å². The minimum Gasteiger partial charge on any atom is -0.285 e. The quantitative estimate of drug-likeness (QED) is 0.373. The molecule has 0 atom stereocenters. The van der Waals surface area contributed by atoms with Gasteiger partial charge in [-0.05, 0) is 55.2 Å². The number of amidine groups is 1. The zero-order chi connectivity index (χ0) is 25.6. The predicted octanol–water partition coefficient (Wildman–Crippen LogP) is 4.77. The molecule has 1 aliphatic carbocycles. The van der Waals surface area contributed by atoms with Crippen molar-refractivity contribution in [3.63, 3.8) is 0 Å². The highest BCUT2D eigenvalue weighted by Gasteiger charge is 2.30. The van der Waals surface area contributed by atoms with Gasteiger partial charge in [-0.15, -0.1) is 4.40 Å². The van der Waals surface area contributed by atoms with Gasteiger partial charge in [-0.3, -0.25) is 9.69 Å². The second-order valence-electron chi connectivity index (χ2n) is 9.08. The average Bonchev–Trinajstić information content (AvgIpc) is 3.44. The molecule has 6 rings (SSSR count). The molecule has 2 heterocycles. The number of hydrogen-bond donors (Lipinski definition) is 0. The number of aromatic nitrogens is 2. The van der Waals surface area contributed by atoms with Crippen LogP contribution >= 0.6 is 11.8 Å². The third kappa shape index (κ3) is 4.38. The largest absolute Gasteiger partial charge is 0.285 e. The van der Waals surface area contributed by atoms with Gasteiger partial charge in [0.1, 0.15) is 0 Å². The molecule has 186 valence electrons. The Balaban J connectivity index is 1.28. The van der Waals surface area contributed by atoms with Gasteiger partial charge in [0.25, 0.3) is 10.0 Å². The van der Waals surface area contributed by atoms with Gasteiger partial charge in [0.15, 0.2) is 5.17 Å². The van der Waals surface area contributed by atoms with Gasteiger partial charge >= 0.3 is 0 Å². The highest BCUT2D eigenvalue weighted by Crippen LogP contribution is 2.35. The van der Waals surface area contributed by atoms with E-state index in [4.69, 9.17) is 5.10 Å². The molecular weight excluding hydrogens is 504 g/mol. The fraction of sp³-hybridized carbons (Fsp3) is 0.179. The molecule has 0 radical (unpaired) electrons. The van der Waals surface area contributed by atoms with E-state index < -0.39 is 10.0 Å². The van der Waals surface area contributed by atoms with Crippen LogP contribution in [0.25, 0.3) is 16.9 Å². The Morgan fingerprint density at radius 2 is 1.68 bits per heavy atom. The molecule has 0 spiro atoms. The van der Waals surface area contributed by atoms with E-state index >= 15 is 0 Å². The van der Waals surface area contributed by atoms with E-state index in [0.717, 1.165) is 52.8 Å². The minimum absolute atomic E-state index is 0.0725. The SMILES string of the molecule is Cc1c2c(nn1-c1ccc(S(=O)(=O)/N=C3\SCC(=O)N3Cc3ccccc3)cc1)-c1ccccc1CC2. The molecule has 0 unspecified atom stereocenters. The fourth-order valence-electron chi connectivity index (χ4n) is 4.83. The number of fused-ring (bicyclic) bond motifs is 3. The van der Waals surface area contributed by atoms with Gasteiger partial charge in [-0.25, -0.2) is 4.68 Å². The molecule has 4 aromatic rings. The van der Waals surface area contributed by atoms with Crippen LogP contribution in [0.2, 0.25) is 0 Å². The van der Waals surface area contributed by atoms with Crippen LogP contribution in [-0.2, 0) is 34.2 Å². The molecule has 7 nitrogen and oxygen atoms in total. The van der Waals surface area contributed by atoms with E-state index in [1.807, 2.05) is 48.0 Å². The topological polar surface area (TPSA) is 84.6 Å². The third-order valence-corrected chi connectivity index (χ3v) is 9.13. The first kappa shape index (κ1) is 23.7. The maximum absolute atomic E-state index is 13.1. The smallest absolute Gasteiger partial charge is 0.284 e. The van der Waals surface area contributed by atoms with Gasteiger partial charge in [0.05, 0.1) is 28.6 Å². The van der Waals surface area contributed by atoms with Crippen LogP contribution in [0.4, 0.5) is 0 Å². The molecule has 0 N–H and O–H groups in total. The zero-order valence-corrected chi connectivity index (χ0v) is 21.8. The van der Waals surface area contributed by atoms with Gasteiger partial charge in [0, 0.05) is 16.8 Å². The third-order valence-electron chi connectivity index (χ3n) is 6.77. The van der Waals surface area contributed by atoms with Gasteiger partial charge in [0.2, 0.25) is 5.91 Å². The number of amides is 1. The number of rotatable bonds is 5. The first-order valence-corrected chi connectivity index (χ1v) is 14.4. The van der Waals surface area contributed by atoms with E-state index in [1.165, 1.54) is 16.0 Å². The van der Waals surface area contributed by atoms with Crippen LogP contribution in [0, 0.1) is 6.92 Å². The van der Waals surface area contributed by atoms with Crippen molar-refractivity contribution < 1.29 is 13.2 Å². The number of hydrogen-bond acceptors (Lipinski definition) is 5. The molecule has 1 aromatic heterocycles. The minimum atomic E-state index is -4.00. The van der Waals surface area contributed by atoms with E-state index in [9.17, 15) is 13.2 Å². The predicted molar refractivity (Wildman–Crippen MR) is 145 cm³/mol. The van der Waals surface area contributed by atoms with Gasteiger partial charge in [-0.2, -0.15) is 13.5 Å². The maximum Gasteiger partial charge on any atom is 0.284 e. The zero-order valence-electron chi connectivity index (χ0n) is 20.2. The monoisotopic (exact) mass is 528 g/mol. The van der Waals surface area contributed by atoms with E-state index in [-0.39, 0.29) is 28.3 Å². The number of carbonyl (C=O) groups is 1. The molecule has 2 aliphatic rings.